The molecular formula is C21H29N3O4. The van der Waals surface area contributed by atoms with Crippen molar-refractivity contribution < 1.29 is 18.8 Å². The fourth-order valence-electron chi connectivity index (χ4n) is 3.41. The molecule has 0 bridgehead atoms. The summed E-state index contributed by atoms with van der Waals surface area (Å²) in [4.78, 5) is 16.6. The van der Waals surface area contributed by atoms with E-state index < -0.39 is 0 Å². The van der Waals surface area contributed by atoms with Crippen LogP contribution in [0.25, 0.3) is 11.3 Å². The second-order valence-corrected chi connectivity index (χ2v) is 7.33. The van der Waals surface area contributed by atoms with Gasteiger partial charge in [-0.1, -0.05) is 28.9 Å². The normalized spacial score (nSPS) is 14.5. The van der Waals surface area contributed by atoms with Crippen LogP contribution < -0.4 is 4.90 Å². The van der Waals surface area contributed by atoms with Gasteiger partial charge in [-0.05, 0) is 26.8 Å². The average molecular weight is 387 g/mol. The third-order valence-electron chi connectivity index (χ3n) is 4.90. The predicted molar refractivity (Wildman–Crippen MR) is 107 cm³/mol. The van der Waals surface area contributed by atoms with Crippen molar-refractivity contribution in [2.45, 2.75) is 33.4 Å². The number of methoxy groups -OCH3 is 1. The molecule has 2 heterocycles. The number of carbonyl (C=O) groups is 1. The molecule has 1 aliphatic rings. The van der Waals surface area contributed by atoms with Crippen molar-refractivity contribution in [2.75, 3.05) is 44.9 Å². The minimum absolute atomic E-state index is 0.0282. The van der Waals surface area contributed by atoms with E-state index in [9.17, 15) is 4.79 Å². The van der Waals surface area contributed by atoms with Gasteiger partial charge in [0.25, 0.3) is 0 Å². The maximum absolute atomic E-state index is 12.6. The molecule has 1 aliphatic heterocycles. The largest absolute Gasteiger partial charge is 0.378 e. The van der Waals surface area contributed by atoms with Gasteiger partial charge in [-0.25, -0.2) is 0 Å². The van der Waals surface area contributed by atoms with Gasteiger partial charge in [0.15, 0.2) is 0 Å². The van der Waals surface area contributed by atoms with E-state index in [1.54, 1.807) is 4.90 Å². The lowest BCUT2D eigenvalue weighted by Gasteiger charge is -2.30. The Kier molecular flexibility index (Phi) is 6.70. The van der Waals surface area contributed by atoms with Crippen molar-refractivity contribution in [3.63, 3.8) is 0 Å². The van der Waals surface area contributed by atoms with E-state index in [4.69, 9.17) is 14.0 Å². The molecule has 1 fully saturated rings. The highest BCUT2D eigenvalue weighted by Gasteiger charge is 2.28. The molecule has 7 heteroatoms. The summed E-state index contributed by atoms with van der Waals surface area (Å²) in [7, 11) is 1.53. The summed E-state index contributed by atoms with van der Waals surface area (Å²) >= 11 is 0. The highest BCUT2D eigenvalue weighted by Crippen LogP contribution is 2.33. The van der Waals surface area contributed by atoms with Crippen LogP contribution in [0.2, 0.25) is 0 Å². The second kappa shape index (κ2) is 9.21. The van der Waals surface area contributed by atoms with E-state index in [-0.39, 0.29) is 18.6 Å². The Morgan fingerprint density at radius 1 is 1.32 bits per heavy atom. The van der Waals surface area contributed by atoms with E-state index in [0.29, 0.717) is 19.8 Å². The van der Waals surface area contributed by atoms with Gasteiger partial charge in [0.2, 0.25) is 11.8 Å². The van der Waals surface area contributed by atoms with Crippen molar-refractivity contribution in [1.82, 2.24) is 10.1 Å². The molecule has 28 heavy (non-hydrogen) atoms. The lowest BCUT2D eigenvalue weighted by molar-refractivity contribution is -0.137. The van der Waals surface area contributed by atoms with Gasteiger partial charge >= 0.3 is 0 Å². The number of morpholine rings is 1. The summed E-state index contributed by atoms with van der Waals surface area (Å²) in [5.41, 5.74) is 3.84. The number of carbonyl (C=O) groups excluding carboxylic acids is 1. The monoisotopic (exact) mass is 387 g/mol. The Morgan fingerprint density at radius 2 is 2.07 bits per heavy atom. The molecule has 0 atom stereocenters. The molecule has 0 spiro atoms. The maximum Gasteiger partial charge on any atom is 0.249 e. The summed E-state index contributed by atoms with van der Waals surface area (Å²) in [6.07, 6.45) is 0. The van der Waals surface area contributed by atoms with E-state index in [0.717, 1.165) is 41.4 Å². The second-order valence-electron chi connectivity index (χ2n) is 7.33. The molecule has 1 saturated heterocycles. The van der Waals surface area contributed by atoms with Crippen LogP contribution in [0, 0.1) is 6.92 Å². The highest BCUT2D eigenvalue weighted by atomic mass is 16.5. The number of aryl methyl sites for hydroxylation is 1. The summed E-state index contributed by atoms with van der Waals surface area (Å²) in [5, 5.41) is 4.39. The zero-order valence-corrected chi connectivity index (χ0v) is 17.1. The standard InChI is InChI=1S/C21H29N3O4/c1-15(2)24(19(25)14-26-4)13-18-20(17-7-5-6-16(3)12-17)22-28-21(18)23-8-10-27-11-9-23/h5-7,12,15H,8-11,13-14H2,1-4H3. The zero-order chi connectivity index (χ0) is 20.1. The maximum atomic E-state index is 12.6. The van der Waals surface area contributed by atoms with Crippen molar-refractivity contribution in [3.8, 4) is 11.3 Å². The van der Waals surface area contributed by atoms with Gasteiger partial charge in [-0.2, -0.15) is 0 Å². The first-order chi connectivity index (χ1) is 13.5. The Labute approximate surface area is 166 Å². The number of amides is 1. The van der Waals surface area contributed by atoms with Crippen LogP contribution in [0.4, 0.5) is 5.88 Å². The first-order valence-corrected chi connectivity index (χ1v) is 9.68. The first kappa shape index (κ1) is 20.4. The Morgan fingerprint density at radius 3 is 2.71 bits per heavy atom. The minimum atomic E-state index is -0.0539. The fourth-order valence-corrected chi connectivity index (χ4v) is 3.41. The van der Waals surface area contributed by atoms with Crippen LogP contribution in [0.1, 0.15) is 25.0 Å². The number of hydrogen-bond acceptors (Lipinski definition) is 6. The molecule has 3 rings (SSSR count). The van der Waals surface area contributed by atoms with Gasteiger partial charge in [0, 0.05) is 31.8 Å². The third kappa shape index (κ3) is 4.54. The molecule has 1 aromatic heterocycles. The first-order valence-electron chi connectivity index (χ1n) is 9.68. The quantitative estimate of drug-likeness (QED) is 0.728. The lowest BCUT2D eigenvalue weighted by atomic mass is 10.0. The zero-order valence-electron chi connectivity index (χ0n) is 17.1. The van der Waals surface area contributed by atoms with Crippen LogP contribution in [-0.4, -0.2) is 62.0 Å². The topological polar surface area (TPSA) is 68.0 Å². The molecule has 1 aromatic carbocycles. The van der Waals surface area contributed by atoms with Gasteiger partial charge in [-0.3, -0.25) is 4.79 Å². The van der Waals surface area contributed by atoms with E-state index >= 15 is 0 Å². The molecule has 0 radical (unpaired) electrons. The molecule has 2 aromatic rings. The van der Waals surface area contributed by atoms with Crippen molar-refractivity contribution in [3.05, 3.63) is 35.4 Å². The summed E-state index contributed by atoms with van der Waals surface area (Å²) in [6, 6.07) is 8.19. The van der Waals surface area contributed by atoms with Crippen molar-refractivity contribution >= 4 is 11.8 Å². The number of rotatable bonds is 7. The molecule has 0 saturated carbocycles. The van der Waals surface area contributed by atoms with E-state index in [1.165, 1.54) is 7.11 Å². The van der Waals surface area contributed by atoms with E-state index in [1.807, 2.05) is 26.0 Å². The predicted octanol–water partition coefficient (Wildman–Crippen LogP) is 2.87. The molecule has 0 N–H and O–H groups in total. The number of aromatic nitrogens is 1. The number of hydrogen-bond donors (Lipinski definition) is 0. The van der Waals surface area contributed by atoms with Crippen LogP contribution in [0.5, 0.6) is 0 Å². The fraction of sp³-hybridized carbons (Fsp3) is 0.524. The highest BCUT2D eigenvalue weighted by molar-refractivity contribution is 5.78. The minimum Gasteiger partial charge on any atom is -0.378 e. The summed E-state index contributed by atoms with van der Waals surface area (Å²) < 4.78 is 16.3. The number of ether oxygens (including phenoxy) is 2. The van der Waals surface area contributed by atoms with Crippen LogP contribution in [0.3, 0.4) is 0 Å². The molecule has 1 amide bonds. The van der Waals surface area contributed by atoms with Gasteiger partial charge in [-0.15, -0.1) is 0 Å². The number of nitrogens with zero attached hydrogens (tertiary/aromatic N) is 3. The molecule has 7 nitrogen and oxygen atoms in total. The van der Waals surface area contributed by atoms with Crippen LogP contribution in [-0.2, 0) is 20.8 Å². The van der Waals surface area contributed by atoms with Gasteiger partial charge in [0.05, 0.1) is 25.3 Å². The van der Waals surface area contributed by atoms with Crippen molar-refractivity contribution in [2.24, 2.45) is 0 Å². The molecular weight excluding hydrogens is 358 g/mol. The smallest absolute Gasteiger partial charge is 0.249 e. The van der Waals surface area contributed by atoms with Gasteiger partial charge in [0.1, 0.15) is 12.3 Å². The Hall–Kier alpha value is -2.38. The SMILES string of the molecule is COCC(=O)N(Cc1c(-c2cccc(C)c2)noc1N1CCOCC1)C(C)C. The van der Waals surface area contributed by atoms with Crippen molar-refractivity contribution in [1.29, 1.82) is 0 Å². The average Bonchev–Trinajstić information content (AvgIpc) is 3.10. The van der Waals surface area contributed by atoms with E-state index in [2.05, 4.69) is 29.1 Å². The van der Waals surface area contributed by atoms with Crippen LogP contribution >= 0.6 is 0 Å². The molecule has 0 aliphatic carbocycles. The summed E-state index contributed by atoms with van der Waals surface area (Å²) in [5.74, 6) is 0.664. The molecule has 152 valence electrons. The Balaban J connectivity index is 2.01. The Bertz CT molecular complexity index is 797. The third-order valence-corrected chi connectivity index (χ3v) is 4.90. The number of anilines is 1. The summed E-state index contributed by atoms with van der Waals surface area (Å²) in [6.45, 7) is 9.30. The number of benzene rings is 1. The van der Waals surface area contributed by atoms with Gasteiger partial charge < -0.3 is 23.8 Å². The molecule has 0 unspecified atom stereocenters. The lowest BCUT2D eigenvalue weighted by Crippen LogP contribution is -2.40. The van der Waals surface area contributed by atoms with Crippen LogP contribution in [0.15, 0.2) is 28.8 Å².